The van der Waals surface area contributed by atoms with E-state index in [1.165, 1.54) is 0 Å². The maximum Gasteiger partial charge on any atom is 0.306 e. The number of benzene rings is 2. The van der Waals surface area contributed by atoms with Crippen molar-refractivity contribution < 1.29 is 18.7 Å². The lowest BCUT2D eigenvalue weighted by molar-refractivity contribution is -0.147. The number of carbonyl (C=O) groups excluding carboxylic acids is 2. The second-order valence-corrected chi connectivity index (χ2v) is 6.64. The maximum atomic E-state index is 11.8. The fourth-order valence-electron chi connectivity index (χ4n) is 2.43. The van der Waals surface area contributed by atoms with Crippen LogP contribution >= 0.6 is 11.6 Å². The Morgan fingerprint density at radius 2 is 1.82 bits per heavy atom. The number of hydrogen-bond acceptors (Lipinski definition) is 5. The van der Waals surface area contributed by atoms with Crippen LogP contribution in [0.5, 0.6) is 0 Å². The summed E-state index contributed by atoms with van der Waals surface area (Å²) in [6.07, 6.45) is 1.95. The summed E-state index contributed by atoms with van der Waals surface area (Å²) < 4.78 is 10.6. The Balaban J connectivity index is 1.42. The molecule has 3 aromatic rings. The fraction of sp³-hybridized carbons (Fsp3) is 0.190. The molecule has 1 amide bonds. The van der Waals surface area contributed by atoms with E-state index in [1.54, 1.807) is 30.5 Å². The van der Waals surface area contributed by atoms with E-state index in [0.29, 0.717) is 22.4 Å². The van der Waals surface area contributed by atoms with E-state index in [9.17, 15) is 9.59 Å². The molecular weight excluding hydrogens is 380 g/mol. The average Bonchev–Trinajstić information content (AvgIpc) is 3.16. The standard InChI is InChI=1S/C21H19ClN2O4/c1-14-2-8-17(9-3-14)24-19(25)13-27-21(26)11-10-20-23-12-18(28-20)15-4-6-16(22)7-5-15/h2-9,12H,10-11,13H2,1H3,(H,24,25). The summed E-state index contributed by atoms with van der Waals surface area (Å²) in [6.45, 7) is 1.62. The van der Waals surface area contributed by atoms with E-state index < -0.39 is 11.9 Å². The van der Waals surface area contributed by atoms with Gasteiger partial charge in [-0.2, -0.15) is 0 Å². The van der Waals surface area contributed by atoms with Crippen molar-refractivity contribution in [1.29, 1.82) is 0 Å². The molecule has 0 saturated heterocycles. The zero-order chi connectivity index (χ0) is 19.9. The van der Waals surface area contributed by atoms with Gasteiger partial charge in [-0.15, -0.1) is 0 Å². The van der Waals surface area contributed by atoms with Gasteiger partial charge in [-0.1, -0.05) is 29.3 Å². The van der Waals surface area contributed by atoms with Crippen molar-refractivity contribution in [1.82, 2.24) is 4.98 Å². The molecular formula is C21H19ClN2O4. The summed E-state index contributed by atoms with van der Waals surface area (Å²) in [4.78, 5) is 27.8. The van der Waals surface area contributed by atoms with Crippen molar-refractivity contribution in [2.45, 2.75) is 19.8 Å². The van der Waals surface area contributed by atoms with Gasteiger partial charge in [0.15, 0.2) is 18.3 Å². The van der Waals surface area contributed by atoms with Gasteiger partial charge < -0.3 is 14.5 Å². The van der Waals surface area contributed by atoms with E-state index in [1.807, 2.05) is 31.2 Å². The third-order valence-corrected chi connectivity index (χ3v) is 4.18. The Kier molecular flexibility index (Phi) is 6.45. The van der Waals surface area contributed by atoms with Crippen LogP contribution < -0.4 is 5.32 Å². The van der Waals surface area contributed by atoms with E-state index in [2.05, 4.69) is 10.3 Å². The molecule has 0 unspecified atom stereocenters. The minimum absolute atomic E-state index is 0.0678. The lowest BCUT2D eigenvalue weighted by Crippen LogP contribution is -2.21. The van der Waals surface area contributed by atoms with Gasteiger partial charge in [0.1, 0.15) is 0 Å². The van der Waals surface area contributed by atoms with E-state index >= 15 is 0 Å². The van der Waals surface area contributed by atoms with Gasteiger partial charge >= 0.3 is 5.97 Å². The molecule has 6 nitrogen and oxygen atoms in total. The zero-order valence-corrected chi connectivity index (χ0v) is 16.0. The number of aryl methyl sites for hydroxylation is 2. The third kappa shape index (κ3) is 5.69. The monoisotopic (exact) mass is 398 g/mol. The molecule has 0 atom stereocenters. The highest BCUT2D eigenvalue weighted by atomic mass is 35.5. The predicted octanol–water partition coefficient (Wildman–Crippen LogP) is 4.42. The van der Waals surface area contributed by atoms with E-state index in [-0.39, 0.29) is 19.4 Å². The van der Waals surface area contributed by atoms with Gasteiger partial charge in [-0.3, -0.25) is 9.59 Å². The summed E-state index contributed by atoms with van der Waals surface area (Å²) in [5.74, 6) is 0.132. The van der Waals surface area contributed by atoms with Gasteiger partial charge in [0.05, 0.1) is 12.6 Å². The Labute approximate surface area is 167 Å². The molecule has 0 aliphatic carbocycles. The molecule has 1 heterocycles. The summed E-state index contributed by atoms with van der Waals surface area (Å²) in [5, 5.41) is 3.30. The first kappa shape index (κ1) is 19.6. The Bertz CT molecular complexity index is 949. The SMILES string of the molecule is Cc1ccc(NC(=O)COC(=O)CCc2ncc(-c3ccc(Cl)cc3)o2)cc1. The van der Waals surface area contributed by atoms with Crippen LogP contribution in [0.15, 0.2) is 59.1 Å². The number of hydrogen-bond donors (Lipinski definition) is 1. The summed E-state index contributed by atoms with van der Waals surface area (Å²) in [6, 6.07) is 14.5. The molecule has 3 rings (SSSR count). The molecule has 0 aliphatic rings. The zero-order valence-electron chi connectivity index (χ0n) is 15.3. The number of nitrogens with one attached hydrogen (secondary N) is 1. The highest BCUT2D eigenvalue weighted by Crippen LogP contribution is 2.22. The lowest BCUT2D eigenvalue weighted by Gasteiger charge is -2.06. The molecule has 1 N–H and O–H groups in total. The molecule has 7 heteroatoms. The highest BCUT2D eigenvalue weighted by molar-refractivity contribution is 6.30. The van der Waals surface area contributed by atoms with Gasteiger partial charge in [-0.05, 0) is 43.3 Å². The molecule has 0 aliphatic heterocycles. The molecule has 0 fully saturated rings. The topological polar surface area (TPSA) is 81.4 Å². The minimum Gasteiger partial charge on any atom is -0.456 e. The normalized spacial score (nSPS) is 10.5. The summed E-state index contributed by atoms with van der Waals surface area (Å²) in [7, 11) is 0. The molecule has 0 spiro atoms. The Hall–Kier alpha value is -3.12. The number of aromatic nitrogens is 1. The van der Waals surface area contributed by atoms with E-state index in [0.717, 1.165) is 11.1 Å². The fourth-order valence-corrected chi connectivity index (χ4v) is 2.56. The Morgan fingerprint density at radius 3 is 2.54 bits per heavy atom. The number of oxazole rings is 1. The van der Waals surface area contributed by atoms with Crippen LogP contribution in [0.25, 0.3) is 11.3 Å². The number of carbonyl (C=O) groups is 2. The first-order chi connectivity index (χ1) is 13.5. The molecule has 0 radical (unpaired) electrons. The smallest absolute Gasteiger partial charge is 0.306 e. The summed E-state index contributed by atoms with van der Waals surface area (Å²) >= 11 is 5.87. The van der Waals surface area contributed by atoms with Crippen LogP contribution in [0.4, 0.5) is 5.69 Å². The molecule has 0 bridgehead atoms. The van der Waals surface area contributed by atoms with Crippen molar-refractivity contribution in [3.8, 4) is 11.3 Å². The molecule has 28 heavy (non-hydrogen) atoms. The molecule has 2 aromatic carbocycles. The van der Waals surface area contributed by atoms with Gasteiger partial charge in [-0.25, -0.2) is 4.98 Å². The van der Waals surface area contributed by atoms with Crippen LogP contribution in [0.1, 0.15) is 17.9 Å². The third-order valence-electron chi connectivity index (χ3n) is 3.92. The lowest BCUT2D eigenvalue weighted by atomic mass is 10.2. The van der Waals surface area contributed by atoms with Crippen molar-refractivity contribution in [3.05, 3.63) is 71.2 Å². The largest absolute Gasteiger partial charge is 0.456 e. The minimum atomic E-state index is -0.495. The van der Waals surface area contributed by atoms with Crippen LogP contribution in [-0.4, -0.2) is 23.5 Å². The second kappa shape index (κ2) is 9.19. The number of ether oxygens (including phenoxy) is 1. The van der Waals surface area contributed by atoms with Crippen molar-refractivity contribution >= 4 is 29.2 Å². The highest BCUT2D eigenvalue weighted by Gasteiger charge is 2.12. The Morgan fingerprint density at radius 1 is 1.11 bits per heavy atom. The number of halogens is 1. The van der Waals surface area contributed by atoms with Gasteiger partial charge in [0.2, 0.25) is 0 Å². The van der Waals surface area contributed by atoms with Crippen LogP contribution in [0, 0.1) is 6.92 Å². The van der Waals surface area contributed by atoms with Crippen molar-refractivity contribution in [3.63, 3.8) is 0 Å². The summed E-state index contributed by atoms with van der Waals surface area (Å²) in [5.41, 5.74) is 2.59. The molecule has 0 saturated carbocycles. The number of rotatable bonds is 7. The van der Waals surface area contributed by atoms with Crippen LogP contribution in [0.3, 0.4) is 0 Å². The van der Waals surface area contributed by atoms with Gasteiger partial charge in [0, 0.05) is 22.7 Å². The van der Waals surface area contributed by atoms with Gasteiger partial charge in [0.25, 0.3) is 5.91 Å². The van der Waals surface area contributed by atoms with Crippen molar-refractivity contribution in [2.75, 3.05) is 11.9 Å². The average molecular weight is 399 g/mol. The quantitative estimate of drug-likeness (QED) is 0.596. The first-order valence-corrected chi connectivity index (χ1v) is 9.10. The molecule has 144 valence electrons. The molecule has 1 aromatic heterocycles. The van der Waals surface area contributed by atoms with E-state index in [4.69, 9.17) is 20.8 Å². The number of anilines is 1. The number of nitrogens with zero attached hydrogens (tertiary/aromatic N) is 1. The van der Waals surface area contributed by atoms with Crippen molar-refractivity contribution in [2.24, 2.45) is 0 Å². The predicted molar refractivity (Wildman–Crippen MR) is 106 cm³/mol. The number of amides is 1. The second-order valence-electron chi connectivity index (χ2n) is 6.20. The first-order valence-electron chi connectivity index (χ1n) is 8.72. The van der Waals surface area contributed by atoms with Crippen LogP contribution in [-0.2, 0) is 20.7 Å². The maximum absolute atomic E-state index is 11.8. The van der Waals surface area contributed by atoms with Crippen LogP contribution in [0.2, 0.25) is 5.02 Å². The number of esters is 1.